The smallest absolute Gasteiger partial charge is 0.261 e. The molecule has 2 aromatic rings. The normalized spacial score (nSPS) is 18.7. The van der Waals surface area contributed by atoms with Crippen molar-refractivity contribution < 1.29 is 9.16 Å². The summed E-state index contributed by atoms with van der Waals surface area (Å²) in [6, 6.07) is 21.5. The molecule has 127 valence electrons. The molecule has 3 rings (SSSR count). The van der Waals surface area contributed by atoms with Crippen molar-refractivity contribution in [3.8, 4) is 0 Å². The summed E-state index contributed by atoms with van der Waals surface area (Å²) >= 11 is 1.80. The van der Waals surface area contributed by atoms with Crippen LogP contribution in [0.3, 0.4) is 0 Å². The molecule has 0 spiro atoms. The zero-order chi connectivity index (χ0) is 17.0. The van der Waals surface area contributed by atoms with Gasteiger partial charge in [0.25, 0.3) is 8.32 Å². The molecule has 0 unspecified atom stereocenters. The van der Waals surface area contributed by atoms with Crippen molar-refractivity contribution in [3.05, 3.63) is 67.3 Å². The minimum Gasteiger partial charge on any atom is -0.404 e. The standard InChI is InChI=1S/C20H25O2SSi/c1-20(2,3)24(17-10-6-4-7-11-17,18-12-8-5-9-13-18)22-16-19-21-14-15-23-19/h4-14,19H,15-16H2,1-3H3/t19-/m0/s1. The van der Waals surface area contributed by atoms with Crippen molar-refractivity contribution in [3.63, 3.8) is 0 Å². The first kappa shape index (κ1) is 17.7. The number of hydrogen-bond acceptors (Lipinski definition) is 3. The minimum atomic E-state index is -2.42. The third-order valence-electron chi connectivity index (χ3n) is 4.45. The molecule has 1 fully saturated rings. The van der Waals surface area contributed by atoms with Crippen LogP contribution in [0.5, 0.6) is 0 Å². The van der Waals surface area contributed by atoms with Gasteiger partial charge in [-0.1, -0.05) is 81.4 Å². The van der Waals surface area contributed by atoms with Gasteiger partial charge in [-0.2, -0.15) is 0 Å². The predicted molar refractivity (Wildman–Crippen MR) is 105 cm³/mol. The lowest BCUT2D eigenvalue weighted by Gasteiger charge is -2.43. The molecule has 1 atom stereocenters. The average molecular weight is 358 g/mol. The van der Waals surface area contributed by atoms with Gasteiger partial charge in [0.15, 0.2) is 0 Å². The number of thioether (sulfide) groups is 1. The Labute approximate surface area is 150 Å². The average Bonchev–Trinajstić information content (AvgIpc) is 3.10. The van der Waals surface area contributed by atoms with Crippen molar-refractivity contribution in [1.82, 2.24) is 0 Å². The summed E-state index contributed by atoms with van der Waals surface area (Å²) in [6.45, 7) is 9.40. The Morgan fingerprint density at radius 1 is 1.00 bits per heavy atom. The van der Waals surface area contributed by atoms with Gasteiger partial charge in [0, 0.05) is 5.75 Å². The van der Waals surface area contributed by atoms with E-state index >= 15 is 0 Å². The van der Waals surface area contributed by atoms with Gasteiger partial charge in [-0.15, -0.1) is 11.8 Å². The molecule has 24 heavy (non-hydrogen) atoms. The van der Waals surface area contributed by atoms with E-state index in [1.165, 1.54) is 10.4 Å². The fourth-order valence-electron chi connectivity index (χ4n) is 3.37. The Morgan fingerprint density at radius 2 is 1.54 bits per heavy atom. The number of ether oxygens (including phenoxy) is 1. The second kappa shape index (κ2) is 7.44. The highest BCUT2D eigenvalue weighted by Gasteiger charge is 2.50. The first-order valence-electron chi connectivity index (χ1n) is 8.38. The summed E-state index contributed by atoms with van der Waals surface area (Å²) in [7, 11) is -2.42. The van der Waals surface area contributed by atoms with Crippen molar-refractivity contribution in [2.75, 3.05) is 12.4 Å². The van der Waals surface area contributed by atoms with E-state index in [4.69, 9.17) is 9.16 Å². The molecule has 1 saturated heterocycles. The first-order chi connectivity index (χ1) is 11.5. The number of rotatable bonds is 5. The van der Waals surface area contributed by atoms with Gasteiger partial charge < -0.3 is 9.16 Å². The van der Waals surface area contributed by atoms with E-state index in [-0.39, 0.29) is 10.5 Å². The van der Waals surface area contributed by atoms with Crippen LogP contribution in [-0.2, 0) is 9.16 Å². The van der Waals surface area contributed by atoms with Gasteiger partial charge in [-0.25, -0.2) is 0 Å². The van der Waals surface area contributed by atoms with Crippen LogP contribution in [0.1, 0.15) is 20.8 Å². The van der Waals surface area contributed by atoms with E-state index in [0.717, 1.165) is 5.75 Å². The van der Waals surface area contributed by atoms with E-state index < -0.39 is 8.32 Å². The third kappa shape index (κ3) is 3.47. The molecule has 0 bridgehead atoms. The lowest BCUT2D eigenvalue weighted by molar-refractivity contribution is 0.132. The zero-order valence-corrected chi connectivity index (χ0v) is 16.4. The first-order valence-corrected chi connectivity index (χ1v) is 11.3. The Balaban J connectivity index is 2.06. The summed E-state index contributed by atoms with van der Waals surface area (Å²) in [5.41, 5.74) is 0.103. The van der Waals surface area contributed by atoms with Crippen LogP contribution in [0.4, 0.5) is 0 Å². The number of benzene rings is 2. The number of hydrogen-bond donors (Lipinski definition) is 0. The summed E-state index contributed by atoms with van der Waals surface area (Å²) in [4.78, 5) is 0. The van der Waals surface area contributed by atoms with Crippen LogP contribution in [0.15, 0.2) is 60.7 Å². The fraction of sp³-hybridized carbons (Fsp3) is 0.350. The monoisotopic (exact) mass is 357 g/mol. The highest BCUT2D eigenvalue weighted by molar-refractivity contribution is 8.00. The maximum Gasteiger partial charge on any atom is 0.261 e. The quantitative estimate of drug-likeness (QED) is 0.758. The van der Waals surface area contributed by atoms with E-state index in [1.807, 2.05) is 6.61 Å². The zero-order valence-electron chi connectivity index (χ0n) is 14.6. The molecule has 2 nitrogen and oxygen atoms in total. The second-order valence-corrected chi connectivity index (χ2v) is 12.5. The molecular formula is C20H25O2SSi. The third-order valence-corrected chi connectivity index (χ3v) is 10.4. The Morgan fingerprint density at radius 3 is 1.96 bits per heavy atom. The second-order valence-electron chi connectivity index (χ2n) is 7.04. The SMILES string of the molecule is CC(C)(C)[Si](OC[C@H]1O[CH]CS1)(c1ccccc1)c1ccccc1. The topological polar surface area (TPSA) is 18.5 Å². The van der Waals surface area contributed by atoms with E-state index in [2.05, 4.69) is 81.4 Å². The van der Waals surface area contributed by atoms with Crippen LogP contribution in [0.2, 0.25) is 5.04 Å². The molecule has 1 heterocycles. The van der Waals surface area contributed by atoms with Gasteiger partial charge in [0.2, 0.25) is 0 Å². The summed E-state index contributed by atoms with van der Waals surface area (Å²) in [5, 5.41) is 2.65. The van der Waals surface area contributed by atoms with Crippen LogP contribution in [-0.4, -0.2) is 26.1 Å². The van der Waals surface area contributed by atoms with Gasteiger partial charge in [-0.3, -0.25) is 0 Å². The van der Waals surface area contributed by atoms with Gasteiger partial charge in [-0.05, 0) is 15.4 Å². The molecule has 2 aromatic carbocycles. The van der Waals surface area contributed by atoms with E-state index in [9.17, 15) is 0 Å². The molecule has 4 heteroatoms. The summed E-state index contributed by atoms with van der Waals surface area (Å²) < 4.78 is 12.5. The summed E-state index contributed by atoms with van der Waals surface area (Å²) in [5.74, 6) is 0.939. The van der Waals surface area contributed by atoms with Gasteiger partial charge in [0.05, 0.1) is 13.2 Å². The molecule has 0 aliphatic carbocycles. The fourth-order valence-corrected chi connectivity index (χ4v) is 8.75. The molecule has 1 aliphatic heterocycles. The van der Waals surface area contributed by atoms with E-state index in [1.54, 1.807) is 11.8 Å². The highest BCUT2D eigenvalue weighted by Crippen LogP contribution is 2.37. The van der Waals surface area contributed by atoms with Gasteiger partial charge >= 0.3 is 0 Å². The lowest BCUT2D eigenvalue weighted by Crippen LogP contribution is -2.67. The molecule has 1 aliphatic rings. The van der Waals surface area contributed by atoms with Gasteiger partial charge in [0.1, 0.15) is 5.44 Å². The molecule has 0 amide bonds. The predicted octanol–water partition coefficient (Wildman–Crippen LogP) is 3.81. The molecule has 0 saturated carbocycles. The molecule has 0 aromatic heterocycles. The highest BCUT2D eigenvalue weighted by atomic mass is 32.2. The van der Waals surface area contributed by atoms with Crippen LogP contribution in [0, 0.1) is 6.61 Å². The molecule has 0 N–H and O–H groups in total. The van der Waals surface area contributed by atoms with E-state index in [0.29, 0.717) is 6.61 Å². The Hall–Kier alpha value is -1.07. The molecule has 1 radical (unpaired) electrons. The van der Waals surface area contributed by atoms with Crippen LogP contribution in [0.25, 0.3) is 0 Å². The van der Waals surface area contributed by atoms with Crippen molar-refractivity contribution >= 4 is 30.5 Å². The maximum absolute atomic E-state index is 6.82. The Bertz CT molecular complexity index is 594. The van der Waals surface area contributed by atoms with Crippen LogP contribution < -0.4 is 10.4 Å². The lowest BCUT2D eigenvalue weighted by atomic mass is 10.2. The van der Waals surface area contributed by atoms with Crippen molar-refractivity contribution in [2.24, 2.45) is 0 Å². The largest absolute Gasteiger partial charge is 0.404 e. The minimum absolute atomic E-state index is 0.0166. The van der Waals surface area contributed by atoms with Crippen LogP contribution >= 0.6 is 11.8 Å². The van der Waals surface area contributed by atoms with Crippen molar-refractivity contribution in [1.29, 1.82) is 0 Å². The Kier molecular flexibility index (Phi) is 5.50. The van der Waals surface area contributed by atoms with Crippen molar-refractivity contribution in [2.45, 2.75) is 31.2 Å². The maximum atomic E-state index is 6.82. The molecular weight excluding hydrogens is 332 g/mol. The summed E-state index contributed by atoms with van der Waals surface area (Å²) in [6.07, 6.45) is 0.